The van der Waals surface area contributed by atoms with Gasteiger partial charge in [-0.25, -0.2) is 0 Å². The van der Waals surface area contributed by atoms with Crippen LogP contribution in [0.2, 0.25) is 5.02 Å². The molecular formula is C19H24ClF3N2O2S. The number of hydrogen-bond acceptors (Lipinski definition) is 3. The van der Waals surface area contributed by atoms with Crippen molar-refractivity contribution in [2.45, 2.75) is 50.4 Å². The number of thioether (sulfide) groups is 1. The van der Waals surface area contributed by atoms with E-state index in [4.69, 9.17) is 11.6 Å². The Labute approximate surface area is 172 Å². The van der Waals surface area contributed by atoms with Crippen molar-refractivity contribution in [2.75, 3.05) is 12.0 Å². The number of amides is 2. The summed E-state index contributed by atoms with van der Waals surface area (Å²) >= 11 is 7.55. The van der Waals surface area contributed by atoms with Gasteiger partial charge in [-0.2, -0.15) is 24.9 Å². The van der Waals surface area contributed by atoms with E-state index in [9.17, 15) is 22.8 Å². The maximum atomic E-state index is 13.0. The van der Waals surface area contributed by atoms with Gasteiger partial charge in [0, 0.05) is 6.04 Å². The van der Waals surface area contributed by atoms with Crippen molar-refractivity contribution < 1.29 is 22.8 Å². The number of halogens is 4. The molecule has 9 heteroatoms. The minimum atomic E-state index is -4.25. The highest BCUT2D eigenvalue weighted by Crippen LogP contribution is 2.37. The first-order valence-electron chi connectivity index (χ1n) is 9.13. The van der Waals surface area contributed by atoms with Crippen molar-refractivity contribution in [1.82, 2.24) is 10.6 Å². The van der Waals surface area contributed by atoms with Gasteiger partial charge in [0.25, 0.3) is 5.91 Å². The number of hydrogen-bond donors (Lipinski definition) is 2. The molecule has 2 N–H and O–H groups in total. The molecule has 1 aliphatic carbocycles. The van der Waals surface area contributed by atoms with Crippen molar-refractivity contribution >= 4 is 35.2 Å². The lowest BCUT2D eigenvalue weighted by Gasteiger charge is -2.32. The average molecular weight is 437 g/mol. The topological polar surface area (TPSA) is 58.2 Å². The molecule has 0 aliphatic heterocycles. The zero-order valence-corrected chi connectivity index (χ0v) is 17.1. The molecule has 0 unspecified atom stereocenters. The minimum Gasteiger partial charge on any atom is -0.352 e. The van der Waals surface area contributed by atoms with Crippen LogP contribution in [0.1, 0.15) is 42.5 Å². The van der Waals surface area contributed by atoms with E-state index in [1.807, 2.05) is 6.26 Å². The molecule has 1 aromatic rings. The Morgan fingerprint density at radius 3 is 2.64 bits per heavy atom. The fourth-order valence-electron chi connectivity index (χ4n) is 3.31. The van der Waals surface area contributed by atoms with Gasteiger partial charge < -0.3 is 10.6 Å². The van der Waals surface area contributed by atoms with Gasteiger partial charge in [0.1, 0.15) is 6.04 Å². The first kappa shape index (κ1) is 22.9. The lowest BCUT2D eigenvalue weighted by Crippen LogP contribution is -2.51. The monoisotopic (exact) mass is 436 g/mol. The molecular weight excluding hydrogens is 413 g/mol. The Hall–Kier alpha value is -1.41. The summed E-state index contributed by atoms with van der Waals surface area (Å²) in [5, 5.41) is 5.64. The summed E-state index contributed by atoms with van der Waals surface area (Å²) in [5.74, 6) is -1.71. The fourth-order valence-corrected chi connectivity index (χ4v) is 4.00. The molecule has 4 nitrogen and oxygen atoms in total. The van der Waals surface area contributed by atoms with Crippen LogP contribution in [0.4, 0.5) is 13.2 Å². The van der Waals surface area contributed by atoms with Crippen LogP contribution in [0.25, 0.3) is 0 Å². The van der Waals surface area contributed by atoms with Crippen LogP contribution < -0.4 is 10.6 Å². The summed E-state index contributed by atoms with van der Waals surface area (Å²) in [6.45, 7) is 0. The third-order valence-corrected chi connectivity index (χ3v) is 5.81. The largest absolute Gasteiger partial charge is 0.391 e. The van der Waals surface area contributed by atoms with E-state index in [0.29, 0.717) is 25.0 Å². The number of alkyl halides is 3. The second kappa shape index (κ2) is 10.4. The summed E-state index contributed by atoms with van der Waals surface area (Å²) in [4.78, 5) is 25.2. The van der Waals surface area contributed by atoms with E-state index in [0.717, 1.165) is 0 Å². The second-order valence-electron chi connectivity index (χ2n) is 6.90. The van der Waals surface area contributed by atoms with Crippen LogP contribution in [-0.2, 0) is 4.79 Å². The van der Waals surface area contributed by atoms with E-state index in [1.165, 1.54) is 11.8 Å². The third kappa shape index (κ3) is 6.58. The molecule has 0 saturated heterocycles. The van der Waals surface area contributed by atoms with E-state index < -0.39 is 36.0 Å². The Kier molecular flexibility index (Phi) is 8.49. The highest BCUT2D eigenvalue weighted by molar-refractivity contribution is 7.98. The van der Waals surface area contributed by atoms with Crippen molar-refractivity contribution in [3.63, 3.8) is 0 Å². The predicted molar refractivity (Wildman–Crippen MR) is 106 cm³/mol. The molecule has 2 rings (SSSR count). The van der Waals surface area contributed by atoms with Crippen LogP contribution in [0, 0.1) is 5.92 Å². The Bertz CT molecular complexity index is 687. The molecule has 3 atom stereocenters. The number of rotatable bonds is 7. The smallest absolute Gasteiger partial charge is 0.352 e. The number of nitrogens with one attached hydrogen (secondary N) is 2. The van der Waals surface area contributed by atoms with Crippen LogP contribution >= 0.6 is 23.4 Å². The quantitative estimate of drug-likeness (QED) is 0.664. The van der Waals surface area contributed by atoms with Crippen LogP contribution in [0.15, 0.2) is 24.3 Å². The lowest BCUT2D eigenvalue weighted by atomic mass is 9.85. The maximum Gasteiger partial charge on any atom is 0.391 e. The zero-order valence-electron chi connectivity index (χ0n) is 15.5. The number of carbonyl (C=O) groups excluding carboxylic acids is 2. The van der Waals surface area contributed by atoms with Crippen molar-refractivity contribution in [3.05, 3.63) is 34.9 Å². The molecule has 1 saturated carbocycles. The maximum absolute atomic E-state index is 13.0. The molecule has 0 aromatic heterocycles. The average Bonchev–Trinajstić information content (AvgIpc) is 2.64. The van der Waals surface area contributed by atoms with Crippen LogP contribution in [0.3, 0.4) is 0 Å². The molecule has 0 bridgehead atoms. The Morgan fingerprint density at radius 1 is 1.29 bits per heavy atom. The normalized spacial score (nSPS) is 21.0. The van der Waals surface area contributed by atoms with E-state index in [1.54, 1.807) is 24.3 Å². The molecule has 0 radical (unpaired) electrons. The van der Waals surface area contributed by atoms with Gasteiger partial charge in [-0.15, -0.1) is 0 Å². The molecule has 156 valence electrons. The van der Waals surface area contributed by atoms with Crippen LogP contribution in [-0.4, -0.2) is 42.1 Å². The van der Waals surface area contributed by atoms with Gasteiger partial charge in [-0.05, 0) is 49.8 Å². The predicted octanol–water partition coefficient (Wildman–Crippen LogP) is 4.43. The van der Waals surface area contributed by atoms with E-state index >= 15 is 0 Å². The fraction of sp³-hybridized carbons (Fsp3) is 0.579. The Morgan fingerprint density at radius 2 is 2.00 bits per heavy atom. The SMILES string of the molecule is CSCC[C@H](NC(=O)c1ccccc1Cl)C(=O)N[C@H]1CCC[C@H](C(F)(F)F)C1. The highest BCUT2D eigenvalue weighted by atomic mass is 35.5. The minimum absolute atomic E-state index is 0.0923. The van der Waals surface area contributed by atoms with Gasteiger partial charge in [0.2, 0.25) is 5.91 Å². The molecule has 1 aliphatic rings. The first-order chi connectivity index (χ1) is 13.2. The number of carbonyl (C=O) groups is 2. The Balaban J connectivity index is 2.02. The highest BCUT2D eigenvalue weighted by Gasteiger charge is 2.42. The summed E-state index contributed by atoms with van der Waals surface area (Å²) < 4.78 is 39.0. The molecule has 0 heterocycles. The standard InChI is InChI=1S/C19H24ClF3N2O2S/c1-28-10-9-16(25-17(26)14-7-2-3-8-15(14)20)18(27)24-13-6-4-5-12(11-13)19(21,22)23/h2-3,7-8,12-13,16H,4-6,9-11H2,1H3,(H,24,27)(H,25,26)/t12-,13-,16-/m0/s1. The molecule has 0 spiro atoms. The molecule has 1 fully saturated rings. The van der Waals surface area contributed by atoms with Gasteiger partial charge in [0.05, 0.1) is 16.5 Å². The third-order valence-electron chi connectivity index (χ3n) is 4.83. The van der Waals surface area contributed by atoms with Gasteiger partial charge in [0.15, 0.2) is 0 Å². The van der Waals surface area contributed by atoms with Gasteiger partial charge in [-0.3, -0.25) is 9.59 Å². The van der Waals surface area contributed by atoms with Gasteiger partial charge >= 0.3 is 6.18 Å². The van der Waals surface area contributed by atoms with E-state index in [2.05, 4.69) is 10.6 Å². The van der Waals surface area contributed by atoms with Crippen LogP contribution in [0.5, 0.6) is 0 Å². The van der Waals surface area contributed by atoms with Crippen molar-refractivity contribution in [2.24, 2.45) is 5.92 Å². The lowest BCUT2D eigenvalue weighted by molar-refractivity contribution is -0.184. The molecule has 2 amide bonds. The van der Waals surface area contributed by atoms with Crippen molar-refractivity contribution in [3.8, 4) is 0 Å². The first-order valence-corrected chi connectivity index (χ1v) is 10.9. The van der Waals surface area contributed by atoms with Gasteiger partial charge in [-0.1, -0.05) is 30.2 Å². The van der Waals surface area contributed by atoms with Crippen molar-refractivity contribution in [1.29, 1.82) is 0 Å². The molecule has 1 aromatic carbocycles. The van der Waals surface area contributed by atoms with E-state index in [-0.39, 0.29) is 23.4 Å². The zero-order chi connectivity index (χ0) is 20.7. The summed E-state index contributed by atoms with van der Waals surface area (Å²) in [5.41, 5.74) is 0.251. The molecule has 28 heavy (non-hydrogen) atoms. The summed E-state index contributed by atoms with van der Waals surface area (Å²) in [6.07, 6.45) is -1.11. The summed E-state index contributed by atoms with van der Waals surface area (Å²) in [6, 6.07) is 5.11. The second-order valence-corrected chi connectivity index (χ2v) is 8.29. The number of benzene rings is 1. The summed E-state index contributed by atoms with van der Waals surface area (Å²) in [7, 11) is 0.